The van der Waals surface area contributed by atoms with Crippen molar-refractivity contribution in [1.82, 2.24) is 29.9 Å². The highest BCUT2D eigenvalue weighted by Gasteiger charge is 2.36. The fourth-order valence-corrected chi connectivity index (χ4v) is 14.7. The molecule has 0 unspecified atom stereocenters. The van der Waals surface area contributed by atoms with Gasteiger partial charge in [-0.05, 0) is 113 Å². The van der Waals surface area contributed by atoms with E-state index in [-0.39, 0.29) is 5.41 Å². The van der Waals surface area contributed by atoms with Gasteiger partial charge >= 0.3 is 0 Å². The third-order valence-corrected chi connectivity index (χ3v) is 19.2. The largest absolute Gasteiger partial charge is 0.456 e. The molecule has 0 saturated heterocycles. The summed E-state index contributed by atoms with van der Waals surface area (Å²) in [6, 6.07) is 97.9. The monoisotopic (exact) mass is 1190 g/mol. The van der Waals surface area contributed by atoms with Crippen LogP contribution in [-0.4, -0.2) is 29.9 Å². The molecule has 434 valence electrons. The average molecular weight is 1190 g/mol. The van der Waals surface area contributed by atoms with Gasteiger partial charge in [-0.3, -0.25) is 0 Å². The van der Waals surface area contributed by atoms with Crippen molar-refractivity contribution in [2.75, 3.05) is 0 Å². The lowest BCUT2D eigenvalue weighted by Crippen LogP contribution is -2.15. The van der Waals surface area contributed by atoms with Crippen molar-refractivity contribution in [3.63, 3.8) is 0 Å². The van der Waals surface area contributed by atoms with Gasteiger partial charge in [0.05, 0.1) is 0 Å². The van der Waals surface area contributed by atoms with Gasteiger partial charge in [-0.2, -0.15) is 0 Å². The summed E-state index contributed by atoms with van der Waals surface area (Å²) >= 11 is 0. The maximum absolute atomic E-state index is 6.74. The molecule has 19 rings (SSSR count). The van der Waals surface area contributed by atoms with E-state index in [1.54, 1.807) is 0 Å². The van der Waals surface area contributed by atoms with Crippen LogP contribution in [0.3, 0.4) is 0 Å². The summed E-state index contributed by atoms with van der Waals surface area (Å²) in [7, 11) is 0. The van der Waals surface area contributed by atoms with Gasteiger partial charge in [-0.25, -0.2) is 29.9 Å². The molecular formula is C85H52N6O2. The summed E-state index contributed by atoms with van der Waals surface area (Å²) in [5.41, 5.74) is 17.4. The summed E-state index contributed by atoms with van der Waals surface area (Å²) in [6.07, 6.45) is 0. The Labute approximate surface area is 533 Å². The Morgan fingerprint density at radius 1 is 0.226 bits per heavy atom. The average Bonchev–Trinajstić information content (AvgIpc) is 1.71. The molecule has 0 amide bonds. The minimum atomic E-state index is -0.227. The molecule has 93 heavy (non-hydrogen) atoms. The van der Waals surface area contributed by atoms with Gasteiger partial charge in [-0.15, -0.1) is 0 Å². The van der Waals surface area contributed by atoms with Gasteiger partial charge in [0.2, 0.25) is 0 Å². The van der Waals surface area contributed by atoms with E-state index >= 15 is 0 Å². The van der Waals surface area contributed by atoms with E-state index in [4.69, 9.17) is 38.7 Å². The van der Waals surface area contributed by atoms with Gasteiger partial charge in [-0.1, -0.05) is 257 Å². The van der Waals surface area contributed by atoms with Crippen molar-refractivity contribution in [3.8, 4) is 102 Å². The third-order valence-electron chi connectivity index (χ3n) is 19.2. The standard InChI is InChI=1S/C85H52N6O2/c1-85(2)69-32-15-12-28-60(69)61-42-41-56(46-70(61)85)82-87-81(90-84(91-82)68-48-74-78(66-31-14-17-34-72(66)93-74)76-58-26-9-7-20-51(58)40-44-63(68)76)55-24-18-23-54(45-55)49-35-37-53(38-36-49)80-86-79(52-21-4-3-5-22-52)88-83(89-80)64-29-11-10-27-59(64)67-47-73-77(65-30-13-16-33-71(65)92-73)75-57-25-8-6-19-50(57)39-43-62(67)75/h3-48H,1-2H3. The summed E-state index contributed by atoms with van der Waals surface area (Å²) < 4.78 is 13.4. The van der Waals surface area contributed by atoms with Crippen LogP contribution in [0.2, 0.25) is 0 Å². The van der Waals surface area contributed by atoms with E-state index in [1.165, 1.54) is 33.0 Å². The van der Waals surface area contributed by atoms with Crippen molar-refractivity contribution in [1.29, 1.82) is 0 Å². The first kappa shape index (κ1) is 52.7. The number of fused-ring (bicyclic) bond motifs is 17. The van der Waals surface area contributed by atoms with Crippen molar-refractivity contribution in [2.24, 2.45) is 0 Å². The molecule has 0 N–H and O–H groups in total. The van der Waals surface area contributed by atoms with Crippen LogP contribution in [0.25, 0.3) is 189 Å². The van der Waals surface area contributed by atoms with Crippen LogP contribution in [0.1, 0.15) is 25.0 Å². The van der Waals surface area contributed by atoms with Crippen LogP contribution in [0.5, 0.6) is 0 Å². The molecule has 4 aromatic heterocycles. The van der Waals surface area contributed by atoms with Crippen molar-refractivity contribution in [3.05, 3.63) is 290 Å². The molecule has 0 aliphatic heterocycles. The summed E-state index contributed by atoms with van der Waals surface area (Å²) in [5, 5.41) is 13.4. The summed E-state index contributed by atoms with van der Waals surface area (Å²) in [4.78, 5) is 32.2. The maximum Gasteiger partial charge on any atom is 0.164 e. The number of aromatic nitrogens is 6. The van der Waals surface area contributed by atoms with E-state index in [2.05, 4.69) is 238 Å². The lowest BCUT2D eigenvalue weighted by molar-refractivity contribution is 0.660. The molecule has 8 nitrogen and oxygen atoms in total. The second-order valence-electron chi connectivity index (χ2n) is 24.8. The Kier molecular flexibility index (Phi) is 11.5. The highest BCUT2D eigenvalue weighted by molar-refractivity contribution is 6.31. The zero-order valence-corrected chi connectivity index (χ0v) is 50.6. The Bertz CT molecular complexity index is 6160. The van der Waals surface area contributed by atoms with E-state index in [0.29, 0.717) is 34.9 Å². The zero-order chi connectivity index (χ0) is 61.5. The van der Waals surface area contributed by atoms with E-state index in [1.807, 2.05) is 54.6 Å². The molecule has 0 atom stereocenters. The Hall–Kier alpha value is -12.3. The van der Waals surface area contributed by atoms with Crippen molar-refractivity contribution in [2.45, 2.75) is 19.3 Å². The van der Waals surface area contributed by atoms with Gasteiger partial charge in [0.15, 0.2) is 34.9 Å². The molecule has 8 heteroatoms. The number of rotatable bonds is 8. The predicted molar refractivity (Wildman–Crippen MR) is 379 cm³/mol. The molecule has 0 fully saturated rings. The quantitative estimate of drug-likeness (QED) is 0.139. The number of para-hydroxylation sites is 2. The Morgan fingerprint density at radius 3 is 1.30 bits per heavy atom. The number of nitrogens with zero attached hydrogens (tertiary/aromatic N) is 6. The normalized spacial score (nSPS) is 12.7. The zero-order valence-electron chi connectivity index (χ0n) is 50.6. The molecule has 1 aliphatic rings. The number of hydrogen-bond acceptors (Lipinski definition) is 8. The number of hydrogen-bond donors (Lipinski definition) is 0. The fourth-order valence-electron chi connectivity index (χ4n) is 14.7. The minimum absolute atomic E-state index is 0.227. The van der Waals surface area contributed by atoms with Gasteiger partial charge in [0.1, 0.15) is 22.3 Å². The minimum Gasteiger partial charge on any atom is -0.456 e. The first-order chi connectivity index (χ1) is 45.8. The van der Waals surface area contributed by atoms with Crippen LogP contribution >= 0.6 is 0 Å². The molecule has 0 radical (unpaired) electrons. The smallest absolute Gasteiger partial charge is 0.164 e. The van der Waals surface area contributed by atoms with Gasteiger partial charge in [0.25, 0.3) is 0 Å². The molecule has 1 aliphatic carbocycles. The maximum atomic E-state index is 6.74. The van der Waals surface area contributed by atoms with Crippen LogP contribution < -0.4 is 0 Å². The highest BCUT2D eigenvalue weighted by Crippen LogP contribution is 2.51. The van der Waals surface area contributed by atoms with E-state index < -0.39 is 0 Å². The van der Waals surface area contributed by atoms with Crippen molar-refractivity contribution < 1.29 is 8.83 Å². The van der Waals surface area contributed by atoms with Gasteiger partial charge < -0.3 is 8.83 Å². The van der Waals surface area contributed by atoms with E-state index in [0.717, 1.165) is 132 Å². The van der Waals surface area contributed by atoms with Gasteiger partial charge in [0, 0.05) is 71.1 Å². The molecular weight excluding hydrogens is 1140 g/mol. The highest BCUT2D eigenvalue weighted by atomic mass is 16.3. The Balaban J connectivity index is 0.740. The van der Waals surface area contributed by atoms with Crippen molar-refractivity contribution >= 4 is 87.0 Å². The molecule has 4 heterocycles. The summed E-state index contributed by atoms with van der Waals surface area (Å²) in [6.45, 7) is 4.61. The predicted octanol–water partition coefficient (Wildman–Crippen LogP) is 22.1. The molecule has 18 aromatic rings. The van der Waals surface area contributed by atoms with E-state index in [9.17, 15) is 0 Å². The first-order valence-electron chi connectivity index (χ1n) is 31.5. The second kappa shape index (κ2) is 20.4. The number of benzene rings is 14. The fraction of sp³-hybridized carbons (Fsp3) is 0.0353. The molecule has 0 spiro atoms. The SMILES string of the molecule is CC1(C)c2ccccc2-c2ccc(-c3nc(-c4cccc(-c5ccc(-c6nc(-c7ccccc7)nc(-c7ccccc7-c7cc8oc9ccccc9c8c8c7ccc7ccccc78)n6)cc5)c4)nc(-c4cc5oc6ccccc6c5c5c4ccc4ccccc45)n3)cc21. The Morgan fingerprint density at radius 2 is 0.656 bits per heavy atom. The topological polar surface area (TPSA) is 104 Å². The molecule has 0 saturated carbocycles. The summed E-state index contributed by atoms with van der Waals surface area (Å²) in [5.74, 6) is 3.40. The second-order valence-corrected chi connectivity index (χ2v) is 24.8. The molecule has 14 aromatic carbocycles. The third kappa shape index (κ3) is 8.32. The first-order valence-corrected chi connectivity index (χ1v) is 31.5. The lowest BCUT2D eigenvalue weighted by Gasteiger charge is -2.21. The van der Waals surface area contributed by atoms with Crippen LogP contribution in [0.4, 0.5) is 0 Å². The number of furan rings is 2. The van der Waals surface area contributed by atoms with Crippen LogP contribution in [-0.2, 0) is 5.41 Å². The van der Waals surface area contributed by atoms with Crippen LogP contribution in [0, 0.1) is 0 Å². The lowest BCUT2D eigenvalue weighted by atomic mass is 9.82. The molecule has 0 bridgehead atoms. The van der Waals surface area contributed by atoms with Crippen LogP contribution in [0.15, 0.2) is 288 Å².